The SMILES string of the molecule is CCNCC1CCN(C(=O)c2ccc(-c3ccc(F)cc3C)c(F)c2)CC1.Cl. The number of aryl methyl sites for hydroxylation is 1. The Bertz CT molecular complexity index is 820. The van der Waals surface area contributed by atoms with E-state index in [1.165, 1.54) is 18.2 Å². The highest BCUT2D eigenvalue weighted by Gasteiger charge is 2.24. The topological polar surface area (TPSA) is 32.3 Å². The third-order valence-corrected chi connectivity index (χ3v) is 5.28. The first-order valence-electron chi connectivity index (χ1n) is 9.55. The Morgan fingerprint density at radius 2 is 1.79 bits per heavy atom. The van der Waals surface area contributed by atoms with Crippen molar-refractivity contribution < 1.29 is 13.6 Å². The molecular formula is C22H27ClF2N2O. The second-order valence-corrected chi connectivity index (χ2v) is 7.20. The van der Waals surface area contributed by atoms with E-state index in [-0.39, 0.29) is 24.1 Å². The lowest BCUT2D eigenvalue weighted by Crippen LogP contribution is -2.40. The van der Waals surface area contributed by atoms with Gasteiger partial charge < -0.3 is 10.2 Å². The molecule has 0 bridgehead atoms. The van der Waals surface area contributed by atoms with Crippen molar-refractivity contribution in [1.82, 2.24) is 10.2 Å². The molecule has 1 heterocycles. The number of rotatable bonds is 5. The van der Waals surface area contributed by atoms with Gasteiger partial charge in [-0.3, -0.25) is 4.79 Å². The van der Waals surface area contributed by atoms with Crippen molar-refractivity contribution in [3.05, 3.63) is 59.2 Å². The zero-order valence-corrected chi connectivity index (χ0v) is 17.1. The van der Waals surface area contributed by atoms with Gasteiger partial charge in [-0.05, 0) is 74.2 Å². The van der Waals surface area contributed by atoms with Crippen LogP contribution in [0.15, 0.2) is 36.4 Å². The van der Waals surface area contributed by atoms with Crippen LogP contribution in [-0.2, 0) is 0 Å². The fourth-order valence-electron chi connectivity index (χ4n) is 3.67. The van der Waals surface area contributed by atoms with Crippen molar-refractivity contribution in [2.45, 2.75) is 26.7 Å². The van der Waals surface area contributed by atoms with Crippen LogP contribution in [-0.4, -0.2) is 37.0 Å². The minimum Gasteiger partial charge on any atom is -0.339 e. The summed E-state index contributed by atoms with van der Waals surface area (Å²) in [5, 5.41) is 3.35. The summed E-state index contributed by atoms with van der Waals surface area (Å²) in [6.45, 7) is 7.18. The number of nitrogens with one attached hydrogen (secondary N) is 1. The second-order valence-electron chi connectivity index (χ2n) is 7.20. The van der Waals surface area contributed by atoms with Gasteiger partial charge in [0.25, 0.3) is 5.91 Å². The van der Waals surface area contributed by atoms with Crippen LogP contribution in [0.2, 0.25) is 0 Å². The zero-order valence-electron chi connectivity index (χ0n) is 16.3. The minimum atomic E-state index is -0.461. The largest absolute Gasteiger partial charge is 0.339 e. The van der Waals surface area contributed by atoms with Gasteiger partial charge in [-0.2, -0.15) is 0 Å². The van der Waals surface area contributed by atoms with Crippen LogP contribution in [0.1, 0.15) is 35.7 Å². The Hall–Kier alpha value is -1.98. The smallest absolute Gasteiger partial charge is 0.253 e. The number of carbonyl (C=O) groups excluding carboxylic acids is 1. The Labute approximate surface area is 171 Å². The van der Waals surface area contributed by atoms with Crippen molar-refractivity contribution in [3.8, 4) is 11.1 Å². The Morgan fingerprint density at radius 1 is 1.11 bits per heavy atom. The van der Waals surface area contributed by atoms with Gasteiger partial charge in [-0.15, -0.1) is 12.4 Å². The molecule has 0 aromatic heterocycles. The van der Waals surface area contributed by atoms with E-state index in [0.717, 1.165) is 25.9 Å². The van der Waals surface area contributed by atoms with Gasteiger partial charge in [0.15, 0.2) is 0 Å². The fourth-order valence-corrected chi connectivity index (χ4v) is 3.67. The van der Waals surface area contributed by atoms with Crippen molar-refractivity contribution in [1.29, 1.82) is 0 Å². The van der Waals surface area contributed by atoms with E-state index in [4.69, 9.17) is 0 Å². The molecule has 1 aliphatic heterocycles. The highest BCUT2D eigenvalue weighted by atomic mass is 35.5. The Balaban J connectivity index is 0.00000280. The lowest BCUT2D eigenvalue weighted by Gasteiger charge is -2.32. The van der Waals surface area contributed by atoms with Crippen LogP contribution in [0.25, 0.3) is 11.1 Å². The summed E-state index contributed by atoms with van der Waals surface area (Å²) < 4.78 is 28.0. The van der Waals surface area contributed by atoms with E-state index < -0.39 is 5.82 Å². The van der Waals surface area contributed by atoms with E-state index in [9.17, 15) is 13.6 Å². The van der Waals surface area contributed by atoms with Gasteiger partial charge in [0.05, 0.1) is 0 Å². The molecular weight excluding hydrogens is 382 g/mol. The lowest BCUT2D eigenvalue weighted by molar-refractivity contribution is 0.0690. The standard InChI is InChI=1S/C22H26F2N2O.ClH/c1-3-25-14-16-8-10-26(11-9-16)22(27)17-4-6-20(21(24)13-17)19-7-5-18(23)12-15(19)2;/h4-7,12-13,16,25H,3,8-11,14H2,1-2H3;1H. The van der Waals surface area contributed by atoms with Gasteiger partial charge in [-0.1, -0.05) is 19.1 Å². The predicted molar refractivity (Wildman–Crippen MR) is 111 cm³/mol. The molecule has 0 atom stereocenters. The summed E-state index contributed by atoms with van der Waals surface area (Å²) >= 11 is 0. The fraction of sp³-hybridized carbons (Fsp3) is 0.409. The number of hydrogen-bond donors (Lipinski definition) is 1. The summed E-state index contributed by atoms with van der Waals surface area (Å²) in [7, 11) is 0. The number of nitrogens with zero attached hydrogens (tertiary/aromatic N) is 1. The van der Waals surface area contributed by atoms with Crippen LogP contribution in [0.5, 0.6) is 0 Å². The van der Waals surface area contributed by atoms with Crippen LogP contribution < -0.4 is 5.32 Å². The molecule has 0 unspecified atom stereocenters. The molecule has 1 saturated heterocycles. The molecule has 1 amide bonds. The van der Waals surface area contributed by atoms with Crippen molar-refractivity contribution in [3.63, 3.8) is 0 Å². The van der Waals surface area contributed by atoms with Crippen LogP contribution in [0, 0.1) is 24.5 Å². The van der Waals surface area contributed by atoms with Crippen molar-refractivity contribution in [2.75, 3.05) is 26.2 Å². The third kappa shape index (κ3) is 5.09. The minimum absolute atomic E-state index is 0. The third-order valence-electron chi connectivity index (χ3n) is 5.28. The number of amides is 1. The summed E-state index contributed by atoms with van der Waals surface area (Å²) in [5.74, 6) is -0.341. The molecule has 0 aliphatic carbocycles. The van der Waals surface area contributed by atoms with Crippen molar-refractivity contribution >= 4 is 18.3 Å². The maximum atomic E-state index is 14.7. The number of halogens is 3. The maximum Gasteiger partial charge on any atom is 0.253 e. The normalized spacial score (nSPS) is 14.6. The van der Waals surface area contributed by atoms with Crippen molar-refractivity contribution in [2.24, 2.45) is 5.92 Å². The number of carbonyl (C=O) groups is 1. The van der Waals surface area contributed by atoms with Gasteiger partial charge in [-0.25, -0.2) is 8.78 Å². The second kappa shape index (κ2) is 9.99. The average Bonchev–Trinajstić information content (AvgIpc) is 2.67. The van der Waals surface area contributed by atoms with Crippen LogP contribution in [0.3, 0.4) is 0 Å². The molecule has 6 heteroatoms. The number of hydrogen-bond acceptors (Lipinski definition) is 2. The zero-order chi connectivity index (χ0) is 19.4. The highest BCUT2D eigenvalue weighted by molar-refractivity contribution is 5.95. The molecule has 3 nitrogen and oxygen atoms in total. The molecule has 0 spiro atoms. The first-order valence-corrected chi connectivity index (χ1v) is 9.55. The van der Waals surface area contributed by atoms with E-state index in [1.54, 1.807) is 30.0 Å². The molecule has 3 rings (SSSR count). The monoisotopic (exact) mass is 408 g/mol. The Kier molecular flexibility index (Phi) is 7.96. The lowest BCUT2D eigenvalue weighted by atomic mass is 9.95. The summed E-state index contributed by atoms with van der Waals surface area (Å²) in [4.78, 5) is 14.5. The molecule has 1 N–H and O–H groups in total. The Morgan fingerprint density at radius 3 is 2.39 bits per heavy atom. The summed E-state index contributed by atoms with van der Waals surface area (Å²) in [5.41, 5.74) is 2.04. The highest BCUT2D eigenvalue weighted by Crippen LogP contribution is 2.28. The molecule has 0 saturated carbocycles. The van der Waals surface area contributed by atoms with Crippen LogP contribution >= 0.6 is 12.4 Å². The number of benzene rings is 2. The van der Waals surface area contributed by atoms with Gasteiger partial charge in [0, 0.05) is 24.2 Å². The molecule has 2 aromatic rings. The predicted octanol–water partition coefficient (Wildman–Crippen LogP) is 4.82. The molecule has 1 fully saturated rings. The molecule has 0 radical (unpaired) electrons. The molecule has 2 aromatic carbocycles. The number of likely N-dealkylation sites (tertiary alicyclic amines) is 1. The maximum absolute atomic E-state index is 14.7. The van der Waals surface area contributed by atoms with Gasteiger partial charge >= 0.3 is 0 Å². The quantitative estimate of drug-likeness (QED) is 0.768. The summed E-state index contributed by atoms with van der Waals surface area (Å²) in [6, 6.07) is 8.84. The van der Waals surface area contributed by atoms with E-state index in [1.807, 2.05) is 0 Å². The first kappa shape index (κ1) is 22.3. The van der Waals surface area contributed by atoms with E-state index in [0.29, 0.717) is 41.3 Å². The molecule has 152 valence electrons. The number of piperidine rings is 1. The average molecular weight is 409 g/mol. The van der Waals surface area contributed by atoms with Crippen LogP contribution in [0.4, 0.5) is 8.78 Å². The van der Waals surface area contributed by atoms with E-state index >= 15 is 0 Å². The van der Waals surface area contributed by atoms with Gasteiger partial charge in [0.1, 0.15) is 11.6 Å². The molecule has 1 aliphatic rings. The first-order chi connectivity index (χ1) is 13.0. The molecule has 28 heavy (non-hydrogen) atoms. The van der Waals surface area contributed by atoms with Gasteiger partial charge in [0.2, 0.25) is 0 Å². The summed E-state index contributed by atoms with van der Waals surface area (Å²) in [6.07, 6.45) is 1.93. The van der Waals surface area contributed by atoms with E-state index in [2.05, 4.69) is 12.2 Å².